The smallest absolute Gasteiger partial charge is 0.255 e. The highest BCUT2D eigenvalue weighted by molar-refractivity contribution is 6.20. The minimum atomic E-state index is -0.104. The van der Waals surface area contributed by atoms with E-state index in [1.54, 1.807) is 18.5 Å². The molecule has 1 aliphatic carbocycles. The molecule has 4 nitrogen and oxygen atoms in total. The quantitative estimate of drug-likeness (QED) is 0.857. The summed E-state index contributed by atoms with van der Waals surface area (Å²) in [5.41, 5.74) is 0.528. The van der Waals surface area contributed by atoms with E-state index in [2.05, 4.69) is 10.3 Å². The highest BCUT2D eigenvalue weighted by Gasteiger charge is 2.22. The molecule has 1 aliphatic rings. The van der Waals surface area contributed by atoms with Gasteiger partial charge in [0.05, 0.1) is 18.9 Å². The van der Waals surface area contributed by atoms with Crippen molar-refractivity contribution < 1.29 is 9.53 Å². The van der Waals surface area contributed by atoms with Gasteiger partial charge in [0.25, 0.3) is 5.91 Å². The van der Waals surface area contributed by atoms with Crippen LogP contribution in [0.4, 0.5) is 0 Å². The summed E-state index contributed by atoms with van der Waals surface area (Å²) in [5.74, 6) is 0.397. The van der Waals surface area contributed by atoms with Crippen LogP contribution in [-0.2, 0) is 0 Å². The Bertz CT molecular complexity index is 417. The van der Waals surface area contributed by atoms with Gasteiger partial charge in [-0.1, -0.05) is 0 Å². The van der Waals surface area contributed by atoms with Crippen LogP contribution in [0.15, 0.2) is 18.5 Å². The number of carbonyl (C=O) groups is 1. The lowest BCUT2D eigenvalue weighted by Gasteiger charge is -2.26. The van der Waals surface area contributed by atoms with Gasteiger partial charge < -0.3 is 10.1 Å². The second-order valence-corrected chi connectivity index (χ2v) is 5.12. The van der Waals surface area contributed by atoms with Crippen molar-refractivity contribution in [1.29, 1.82) is 0 Å². The predicted molar refractivity (Wildman–Crippen MR) is 70.2 cm³/mol. The van der Waals surface area contributed by atoms with Crippen LogP contribution in [0.3, 0.4) is 0 Å². The van der Waals surface area contributed by atoms with Crippen LogP contribution >= 0.6 is 11.6 Å². The fourth-order valence-electron chi connectivity index (χ4n) is 2.19. The lowest BCUT2D eigenvalue weighted by Crippen LogP contribution is -2.38. The molecule has 1 aromatic rings. The number of amides is 1. The highest BCUT2D eigenvalue weighted by atomic mass is 35.5. The molecule has 2 rings (SSSR count). The van der Waals surface area contributed by atoms with E-state index in [1.165, 1.54) is 7.11 Å². The number of hydrogen-bond donors (Lipinski definition) is 1. The summed E-state index contributed by atoms with van der Waals surface area (Å²) in [5, 5.41) is 3.28. The van der Waals surface area contributed by atoms with Gasteiger partial charge in [0.15, 0.2) is 0 Å². The number of carbonyl (C=O) groups excluding carboxylic acids is 1. The lowest BCUT2D eigenvalue weighted by molar-refractivity contribution is 0.0924. The third-order valence-corrected chi connectivity index (χ3v) is 3.68. The van der Waals surface area contributed by atoms with Crippen LogP contribution in [0.1, 0.15) is 36.0 Å². The van der Waals surface area contributed by atoms with Gasteiger partial charge >= 0.3 is 0 Å². The molecule has 1 fully saturated rings. The Hall–Kier alpha value is -1.29. The number of pyridine rings is 1. The molecule has 0 saturated heterocycles. The number of methoxy groups -OCH3 is 1. The zero-order valence-corrected chi connectivity index (χ0v) is 11.1. The largest absolute Gasteiger partial charge is 0.494 e. The molecule has 0 aliphatic heterocycles. The van der Waals surface area contributed by atoms with Gasteiger partial charge in [-0.05, 0) is 31.7 Å². The summed E-state index contributed by atoms with van der Waals surface area (Å²) in [6, 6.07) is 1.88. The minimum Gasteiger partial charge on any atom is -0.494 e. The number of alkyl halides is 1. The molecule has 1 N–H and O–H groups in total. The third kappa shape index (κ3) is 3.13. The number of hydrogen-bond acceptors (Lipinski definition) is 3. The summed E-state index contributed by atoms with van der Waals surface area (Å²) in [6.07, 6.45) is 6.93. The molecular weight excluding hydrogens is 252 g/mol. The molecule has 0 bridgehead atoms. The Kier molecular flexibility index (Phi) is 4.42. The molecule has 98 valence electrons. The van der Waals surface area contributed by atoms with Crippen LogP contribution < -0.4 is 10.1 Å². The predicted octanol–water partition coefficient (Wildman–Crippen LogP) is 2.37. The number of halogens is 1. The summed E-state index contributed by atoms with van der Waals surface area (Å²) in [6.45, 7) is 0. The van der Waals surface area contributed by atoms with Gasteiger partial charge in [0, 0.05) is 17.6 Å². The molecule has 0 unspecified atom stereocenters. The molecular formula is C13H17ClN2O2. The fraction of sp³-hybridized carbons (Fsp3) is 0.538. The van der Waals surface area contributed by atoms with Gasteiger partial charge in [0.2, 0.25) is 0 Å². The van der Waals surface area contributed by atoms with E-state index in [9.17, 15) is 4.79 Å². The monoisotopic (exact) mass is 268 g/mol. The molecule has 5 heteroatoms. The summed E-state index contributed by atoms with van der Waals surface area (Å²) < 4.78 is 5.13. The average molecular weight is 269 g/mol. The van der Waals surface area contributed by atoms with Crippen molar-refractivity contribution in [2.24, 2.45) is 0 Å². The van der Waals surface area contributed by atoms with E-state index in [1.807, 2.05) is 0 Å². The average Bonchev–Trinajstić information content (AvgIpc) is 2.41. The number of nitrogens with zero attached hydrogens (tertiary/aromatic N) is 1. The minimum absolute atomic E-state index is 0.104. The zero-order valence-electron chi connectivity index (χ0n) is 10.4. The van der Waals surface area contributed by atoms with Crippen LogP contribution in [-0.4, -0.2) is 29.4 Å². The highest BCUT2D eigenvalue weighted by Crippen LogP contribution is 2.23. The molecule has 0 radical (unpaired) electrons. The van der Waals surface area contributed by atoms with Crippen LogP contribution in [0.5, 0.6) is 5.75 Å². The maximum atomic E-state index is 12.1. The second-order valence-electron chi connectivity index (χ2n) is 4.50. The molecule has 1 aromatic heterocycles. The van der Waals surface area contributed by atoms with Gasteiger partial charge in [-0.25, -0.2) is 0 Å². The first-order chi connectivity index (χ1) is 8.70. The first kappa shape index (κ1) is 13.1. The van der Waals surface area contributed by atoms with Crippen molar-refractivity contribution in [3.8, 4) is 5.75 Å². The summed E-state index contributed by atoms with van der Waals surface area (Å²) >= 11 is 6.04. The lowest BCUT2D eigenvalue weighted by atomic mass is 9.95. The Morgan fingerprint density at radius 1 is 1.44 bits per heavy atom. The van der Waals surface area contributed by atoms with E-state index < -0.39 is 0 Å². The van der Waals surface area contributed by atoms with Crippen molar-refractivity contribution >= 4 is 17.5 Å². The number of nitrogens with one attached hydrogen (secondary N) is 1. The summed E-state index contributed by atoms with van der Waals surface area (Å²) in [7, 11) is 1.53. The Morgan fingerprint density at radius 2 is 2.17 bits per heavy atom. The van der Waals surface area contributed by atoms with Crippen LogP contribution in [0.2, 0.25) is 0 Å². The maximum Gasteiger partial charge on any atom is 0.255 e. The van der Waals surface area contributed by atoms with Gasteiger partial charge in [-0.2, -0.15) is 0 Å². The normalized spacial score (nSPS) is 23.4. The SMILES string of the molecule is COc1cnccc1C(=O)NC1CCC(Cl)CC1. The molecule has 1 saturated carbocycles. The topological polar surface area (TPSA) is 51.2 Å². The fourth-order valence-corrected chi connectivity index (χ4v) is 2.44. The molecule has 18 heavy (non-hydrogen) atoms. The van der Waals surface area contributed by atoms with Gasteiger partial charge in [-0.15, -0.1) is 11.6 Å². The third-order valence-electron chi connectivity index (χ3n) is 3.24. The van der Waals surface area contributed by atoms with Crippen molar-refractivity contribution in [2.45, 2.75) is 37.1 Å². The van der Waals surface area contributed by atoms with E-state index in [4.69, 9.17) is 16.3 Å². The molecule has 0 atom stereocenters. The van der Waals surface area contributed by atoms with Crippen LogP contribution in [0.25, 0.3) is 0 Å². The van der Waals surface area contributed by atoms with Crippen molar-refractivity contribution in [2.75, 3.05) is 7.11 Å². The van der Waals surface area contributed by atoms with E-state index in [0.29, 0.717) is 11.3 Å². The first-order valence-corrected chi connectivity index (χ1v) is 6.57. The standard InChI is InChI=1S/C13H17ClN2O2/c1-18-12-8-15-7-6-11(12)13(17)16-10-4-2-9(14)3-5-10/h6-10H,2-5H2,1H3,(H,16,17). The van der Waals surface area contributed by atoms with Crippen molar-refractivity contribution in [3.05, 3.63) is 24.0 Å². The summed E-state index contributed by atoms with van der Waals surface area (Å²) in [4.78, 5) is 16.1. The van der Waals surface area contributed by atoms with Crippen molar-refractivity contribution in [3.63, 3.8) is 0 Å². The number of rotatable bonds is 3. The molecule has 0 spiro atoms. The van der Waals surface area contributed by atoms with E-state index in [0.717, 1.165) is 25.7 Å². The van der Waals surface area contributed by atoms with E-state index in [-0.39, 0.29) is 17.3 Å². The van der Waals surface area contributed by atoms with Gasteiger partial charge in [-0.3, -0.25) is 9.78 Å². The van der Waals surface area contributed by atoms with Crippen LogP contribution in [0, 0.1) is 0 Å². The van der Waals surface area contributed by atoms with Gasteiger partial charge in [0.1, 0.15) is 5.75 Å². The Labute approximate surface area is 112 Å². The first-order valence-electron chi connectivity index (χ1n) is 6.13. The van der Waals surface area contributed by atoms with Crippen molar-refractivity contribution in [1.82, 2.24) is 10.3 Å². The zero-order chi connectivity index (χ0) is 13.0. The number of ether oxygens (including phenoxy) is 1. The molecule has 0 aromatic carbocycles. The Morgan fingerprint density at radius 3 is 2.83 bits per heavy atom. The second kappa shape index (κ2) is 6.05. The maximum absolute atomic E-state index is 12.1. The van der Waals surface area contributed by atoms with E-state index >= 15 is 0 Å². The molecule has 1 heterocycles. The molecule has 1 amide bonds. The number of aromatic nitrogens is 1. The Balaban J connectivity index is 1.99.